The molecule has 2 rings (SSSR count). The van der Waals surface area contributed by atoms with E-state index < -0.39 is 0 Å². The van der Waals surface area contributed by atoms with E-state index in [1.807, 2.05) is 13.8 Å². The summed E-state index contributed by atoms with van der Waals surface area (Å²) in [7, 11) is 0. The quantitative estimate of drug-likeness (QED) is 0.579. The summed E-state index contributed by atoms with van der Waals surface area (Å²) in [6, 6.07) is 8.87. The van der Waals surface area contributed by atoms with Crippen molar-refractivity contribution in [2.75, 3.05) is 10.7 Å². The van der Waals surface area contributed by atoms with E-state index in [0.29, 0.717) is 11.4 Å². The number of carbonyl (C=O) groups is 1. The van der Waals surface area contributed by atoms with Gasteiger partial charge in [-0.25, -0.2) is 4.68 Å². The Kier molecular flexibility index (Phi) is 3.82. The van der Waals surface area contributed by atoms with Crippen molar-refractivity contribution >= 4 is 17.4 Å². The number of nitrogens with one attached hydrogen (secondary N) is 2. The summed E-state index contributed by atoms with van der Waals surface area (Å²) >= 11 is 0. The number of hydrazine groups is 1. The van der Waals surface area contributed by atoms with E-state index in [2.05, 4.69) is 15.8 Å². The van der Waals surface area contributed by atoms with Crippen molar-refractivity contribution in [1.82, 2.24) is 9.78 Å². The van der Waals surface area contributed by atoms with Crippen LogP contribution in [0.1, 0.15) is 30.2 Å². The molecule has 2 aromatic rings. The van der Waals surface area contributed by atoms with E-state index >= 15 is 0 Å². The predicted molar refractivity (Wildman–Crippen MR) is 74.8 cm³/mol. The van der Waals surface area contributed by atoms with Crippen LogP contribution in [0.15, 0.2) is 36.5 Å². The van der Waals surface area contributed by atoms with Crippen LogP contribution in [0.25, 0.3) is 0 Å². The molecule has 0 saturated carbocycles. The van der Waals surface area contributed by atoms with Crippen molar-refractivity contribution in [2.24, 2.45) is 5.84 Å². The second-order valence-electron chi connectivity index (χ2n) is 4.43. The fourth-order valence-electron chi connectivity index (χ4n) is 1.73. The van der Waals surface area contributed by atoms with Gasteiger partial charge in [-0.15, -0.1) is 0 Å². The normalized spacial score (nSPS) is 10.5. The molecule has 1 aromatic heterocycles. The van der Waals surface area contributed by atoms with Crippen molar-refractivity contribution in [1.29, 1.82) is 0 Å². The summed E-state index contributed by atoms with van der Waals surface area (Å²) in [6.45, 7) is 4.01. The molecule has 0 spiro atoms. The standard InChI is InChI=1S/C13H17N5O/c1-9(2)18-12(7-8-15-18)16-13(19)10-3-5-11(17-14)6-4-10/h3-9,17H,14H2,1-2H3,(H,16,19). The van der Waals surface area contributed by atoms with Crippen molar-refractivity contribution in [3.05, 3.63) is 42.1 Å². The van der Waals surface area contributed by atoms with Gasteiger partial charge in [0, 0.05) is 23.4 Å². The lowest BCUT2D eigenvalue weighted by atomic mass is 10.2. The van der Waals surface area contributed by atoms with Gasteiger partial charge in [0.2, 0.25) is 0 Å². The SMILES string of the molecule is CC(C)n1nccc1NC(=O)c1ccc(NN)cc1. The maximum absolute atomic E-state index is 12.1. The maximum atomic E-state index is 12.1. The first-order valence-corrected chi connectivity index (χ1v) is 6.03. The van der Waals surface area contributed by atoms with Crippen molar-refractivity contribution in [3.63, 3.8) is 0 Å². The average molecular weight is 259 g/mol. The number of amides is 1. The van der Waals surface area contributed by atoms with Gasteiger partial charge in [-0.2, -0.15) is 5.10 Å². The zero-order valence-electron chi connectivity index (χ0n) is 10.9. The Labute approximate surface area is 111 Å². The Hall–Kier alpha value is -2.34. The molecule has 100 valence electrons. The number of rotatable bonds is 4. The largest absolute Gasteiger partial charge is 0.324 e. The lowest BCUT2D eigenvalue weighted by Crippen LogP contribution is -2.16. The number of hydrogen-bond donors (Lipinski definition) is 3. The van der Waals surface area contributed by atoms with Gasteiger partial charge in [0.05, 0.1) is 6.20 Å². The Morgan fingerprint density at radius 3 is 2.53 bits per heavy atom. The van der Waals surface area contributed by atoms with Crippen LogP contribution in [-0.4, -0.2) is 15.7 Å². The first-order valence-electron chi connectivity index (χ1n) is 6.03. The number of nitrogens with zero attached hydrogens (tertiary/aromatic N) is 2. The summed E-state index contributed by atoms with van der Waals surface area (Å²) in [5, 5.41) is 7.00. The van der Waals surface area contributed by atoms with Crippen LogP contribution in [0.5, 0.6) is 0 Å². The smallest absolute Gasteiger partial charge is 0.256 e. The van der Waals surface area contributed by atoms with Crippen LogP contribution in [-0.2, 0) is 0 Å². The molecule has 0 radical (unpaired) electrons. The molecule has 0 unspecified atom stereocenters. The topological polar surface area (TPSA) is 85.0 Å². The monoisotopic (exact) mass is 259 g/mol. The van der Waals surface area contributed by atoms with Crippen molar-refractivity contribution in [2.45, 2.75) is 19.9 Å². The van der Waals surface area contributed by atoms with Crippen LogP contribution < -0.4 is 16.6 Å². The molecule has 0 saturated heterocycles. The van der Waals surface area contributed by atoms with Crippen LogP contribution in [0, 0.1) is 0 Å². The third-order valence-electron chi connectivity index (χ3n) is 2.71. The third-order valence-corrected chi connectivity index (χ3v) is 2.71. The Balaban J connectivity index is 2.13. The molecule has 0 aliphatic carbocycles. The molecule has 6 nitrogen and oxygen atoms in total. The second-order valence-corrected chi connectivity index (χ2v) is 4.43. The average Bonchev–Trinajstić information content (AvgIpc) is 2.87. The lowest BCUT2D eigenvalue weighted by Gasteiger charge is -2.11. The van der Waals surface area contributed by atoms with Crippen LogP contribution in [0.3, 0.4) is 0 Å². The summed E-state index contributed by atoms with van der Waals surface area (Å²) in [5.74, 6) is 5.78. The van der Waals surface area contributed by atoms with E-state index in [9.17, 15) is 4.79 Å². The highest BCUT2D eigenvalue weighted by atomic mass is 16.1. The summed E-state index contributed by atoms with van der Waals surface area (Å²) in [4.78, 5) is 12.1. The number of carbonyl (C=O) groups excluding carboxylic acids is 1. The molecule has 0 fully saturated rings. The lowest BCUT2D eigenvalue weighted by molar-refractivity contribution is 0.102. The summed E-state index contributed by atoms with van der Waals surface area (Å²) in [5.41, 5.74) is 3.84. The predicted octanol–water partition coefficient (Wildman–Crippen LogP) is 2.00. The number of nitrogens with two attached hydrogens (primary N) is 1. The first kappa shape index (κ1) is 13.1. The molecule has 0 atom stereocenters. The minimum Gasteiger partial charge on any atom is -0.324 e. The van der Waals surface area contributed by atoms with E-state index in [1.54, 1.807) is 41.2 Å². The molecule has 6 heteroatoms. The van der Waals surface area contributed by atoms with Gasteiger partial charge < -0.3 is 10.7 Å². The highest BCUT2D eigenvalue weighted by Gasteiger charge is 2.10. The Morgan fingerprint density at radius 2 is 1.95 bits per heavy atom. The van der Waals surface area contributed by atoms with Gasteiger partial charge in [0.1, 0.15) is 5.82 Å². The van der Waals surface area contributed by atoms with Crippen molar-refractivity contribution in [3.8, 4) is 0 Å². The number of anilines is 2. The summed E-state index contributed by atoms with van der Waals surface area (Å²) in [6.07, 6.45) is 1.66. The number of aromatic nitrogens is 2. The molecule has 1 aromatic carbocycles. The van der Waals surface area contributed by atoms with Gasteiger partial charge in [0.25, 0.3) is 5.91 Å². The van der Waals surface area contributed by atoms with E-state index in [0.717, 1.165) is 5.69 Å². The van der Waals surface area contributed by atoms with Crippen LogP contribution in [0.4, 0.5) is 11.5 Å². The molecular formula is C13H17N5O. The van der Waals surface area contributed by atoms with Gasteiger partial charge in [-0.1, -0.05) is 0 Å². The van der Waals surface area contributed by atoms with Crippen LogP contribution in [0.2, 0.25) is 0 Å². The van der Waals surface area contributed by atoms with Gasteiger partial charge in [0.15, 0.2) is 0 Å². The van der Waals surface area contributed by atoms with Gasteiger partial charge in [-0.05, 0) is 38.1 Å². The fraction of sp³-hybridized carbons (Fsp3) is 0.231. The summed E-state index contributed by atoms with van der Waals surface area (Å²) < 4.78 is 1.76. The zero-order valence-corrected chi connectivity index (χ0v) is 10.9. The first-order chi connectivity index (χ1) is 9.11. The van der Waals surface area contributed by atoms with E-state index in [4.69, 9.17) is 5.84 Å². The highest BCUT2D eigenvalue weighted by Crippen LogP contribution is 2.15. The molecule has 1 heterocycles. The minimum atomic E-state index is -0.175. The number of benzene rings is 1. The molecular weight excluding hydrogens is 242 g/mol. The molecule has 1 amide bonds. The van der Waals surface area contributed by atoms with E-state index in [-0.39, 0.29) is 11.9 Å². The molecule has 19 heavy (non-hydrogen) atoms. The highest BCUT2D eigenvalue weighted by molar-refractivity contribution is 6.04. The van der Waals surface area contributed by atoms with Gasteiger partial charge >= 0.3 is 0 Å². The molecule has 0 aliphatic heterocycles. The second kappa shape index (κ2) is 5.53. The molecule has 0 bridgehead atoms. The van der Waals surface area contributed by atoms with E-state index in [1.165, 1.54) is 0 Å². The Morgan fingerprint density at radius 1 is 1.26 bits per heavy atom. The maximum Gasteiger partial charge on any atom is 0.256 e. The van der Waals surface area contributed by atoms with Gasteiger partial charge in [-0.3, -0.25) is 10.6 Å². The zero-order chi connectivity index (χ0) is 13.8. The minimum absolute atomic E-state index is 0.175. The van der Waals surface area contributed by atoms with Crippen molar-refractivity contribution < 1.29 is 4.79 Å². The number of hydrogen-bond acceptors (Lipinski definition) is 4. The Bertz CT molecular complexity index is 559. The fourth-order valence-corrected chi connectivity index (χ4v) is 1.73. The molecule has 4 N–H and O–H groups in total. The van der Waals surface area contributed by atoms with Crippen LogP contribution >= 0.6 is 0 Å². The third kappa shape index (κ3) is 2.92. The number of nitrogen functional groups attached to an aromatic ring is 1. The molecule has 0 aliphatic rings.